The number of hydrogen-bond donors (Lipinski definition) is 2. The summed E-state index contributed by atoms with van der Waals surface area (Å²) in [6.07, 6.45) is 3.75. The summed E-state index contributed by atoms with van der Waals surface area (Å²) in [7, 11) is 0. The molecule has 0 amide bonds. The zero-order valence-electron chi connectivity index (χ0n) is 20.6. The lowest BCUT2D eigenvalue weighted by Gasteiger charge is -2.37. The molecule has 0 saturated carbocycles. The number of anilines is 1. The van der Waals surface area contributed by atoms with Crippen LogP contribution in [0.25, 0.3) is 32.6 Å². The van der Waals surface area contributed by atoms with Crippen LogP contribution < -0.4 is 4.90 Å². The molecule has 0 unspecified atom stereocenters. The molecule has 0 bridgehead atoms. The lowest BCUT2D eigenvalue weighted by atomic mass is 9.83. The Hall–Kier alpha value is -2.66. The van der Waals surface area contributed by atoms with E-state index in [-0.39, 0.29) is 5.82 Å². The number of piperidine rings is 1. The van der Waals surface area contributed by atoms with Crippen LogP contribution in [0.3, 0.4) is 0 Å². The summed E-state index contributed by atoms with van der Waals surface area (Å²) in [6.45, 7) is 9.06. The molecule has 8 nitrogen and oxygen atoms in total. The minimum atomic E-state index is -0.640. The van der Waals surface area contributed by atoms with Gasteiger partial charge in [-0.2, -0.15) is 0 Å². The Labute approximate surface area is 213 Å². The second-order valence-electron chi connectivity index (χ2n) is 10.3. The first kappa shape index (κ1) is 23.7. The van der Waals surface area contributed by atoms with Crippen molar-refractivity contribution in [2.24, 2.45) is 5.92 Å². The number of thiazole rings is 1. The topological polar surface area (TPSA) is 90.4 Å². The van der Waals surface area contributed by atoms with E-state index < -0.39 is 5.60 Å². The highest BCUT2D eigenvalue weighted by molar-refractivity contribution is 7.18. The van der Waals surface area contributed by atoms with Crippen molar-refractivity contribution in [1.29, 1.82) is 0 Å². The zero-order chi connectivity index (χ0) is 24.9. The number of aromatic amines is 1. The maximum atomic E-state index is 15.1. The number of halogens is 1. The molecule has 2 aliphatic rings. The molecule has 2 saturated heterocycles. The van der Waals surface area contributed by atoms with Gasteiger partial charge in [-0.3, -0.25) is 4.90 Å². The van der Waals surface area contributed by atoms with Gasteiger partial charge in [-0.05, 0) is 63.9 Å². The number of morpholine rings is 1. The van der Waals surface area contributed by atoms with E-state index in [4.69, 9.17) is 19.7 Å². The number of likely N-dealkylation sites (tertiary alicyclic amines) is 1. The molecule has 0 atom stereocenters. The third kappa shape index (κ3) is 4.47. The van der Waals surface area contributed by atoms with Crippen molar-refractivity contribution < 1.29 is 14.2 Å². The van der Waals surface area contributed by atoms with Gasteiger partial charge in [0.15, 0.2) is 11.6 Å². The Morgan fingerprint density at radius 1 is 1.11 bits per heavy atom. The maximum absolute atomic E-state index is 15.1. The third-order valence-corrected chi connectivity index (χ3v) is 8.38. The van der Waals surface area contributed by atoms with Crippen molar-refractivity contribution in [2.45, 2.75) is 38.8 Å². The fraction of sp³-hybridized carbons (Fsp3) is 0.500. The average Bonchev–Trinajstić information content (AvgIpc) is 3.50. The van der Waals surface area contributed by atoms with Gasteiger partial charge >= 0.3 is 0 Å². The van der Waals surface area contributed by atoms with Gasteiger partial charge < -0.3 is 19.7 Å². The van der Waals surface area contributed by atoms with Crippen LogP contribution in [0.1, 0.15) is 31.7 Å². The quantitative estimate of drug-likeness (QED) is 0.416. The van der Waals surface area contributed by atoms with Gasteiger partial charge in [0, 0.05) is 30.2 Å². The summed E-state index contributed by atoms with van der Waals surface area (Å²) in [5.41, 5.74) is 1.39. The Kier molecular flexibility index (Phi) is 6.15. The van der Waals surface area contributed by atoms with Gasteiger partial charge in [-0.15, -0.1) is 0 Å². The number of aliphatic hydroxyl groups is 1. The standard InChI is InChI=1S/C26H31FN6O2S/c1-26(2,34)16-6-9-32(10-7-16)15-20-29-22-24(33-11-13-35-14-12-33)30-23(31-25(22)36-20)21-17-5-8-28-19(17)4-3-18(21)27/h3-5,8,16,28,34H,6-7,9-15H2,1-2H3. The molecular weight excluding hydrogens is 479 g/mol. The number of aromatic nitrogens is 4. The largest absolute Gasteiger partial charge is 0.390 e. The van der Waals surface area contributed by atoms with Gasteiger partial charge in [-0.25, -0.2) is 19.3 Å². The second kappa shape index (κ2) is 9.33. The van der Waals surface area contributed by atoms with E-state index in [0.717, 1.165) is 64.6 Å². The van der Waals surface area contributed by atoms with Crippen molar-refractivity contribution in [3.63, 3.8) is 0 Å². The van der Waals surface area contributed by atoms with Crippen LogP contribution >= 0.6 is 11.3 Å². The van der Waals surface area contributed by atoms with Crippen molar-refractivity contribution >= 4 is 38.4 Å². The average molecular weight is 511 g/mol. The molecule has 10 heteroatoms. The predicted molar refractivity (Wildman–Crippen MR) is 140 cm³/mol. The van der Waals surface area contributed by atoms with Crippen molar-refractivity contribution in [3.05, 3.63) is 35.2 Å². The molecule has 36 heavy (non-hydrogen) atoms. The molecule has 2 aliphatic heterocycles. The van der Waals surface area contributed by atoms with Crippen molar-refractivity contribution in [2.75, 3.05) is 44.3 Å². The number of H-pyrrole nitrogens is 1. The van der Waals surface area contributed by atoms with Gasteiger partial charge in [0.05, 0.1) is 30.9 Å². The molecule has 3 aromatic heterocycles. The summed E-state index contributed by atoms with van der Waals surface area (Å²) in [4.78, 5) is 23.2. The lowest BCUT2D eigenvalue weighted by molar-refractivity contribution is -0.0136. The molecule has 4 aromatic rings. The monoisotopic (exact) mass is 510 g/mol. The first-order valence-corrected chi connectivity index (χ1v) is 13.4. The molecule has 6 rings (SSSR count). The smallest absolute Gasteiger partial charge is 0.166 e. The minimum absolute atomic E-state index is 0.316. The van der Waals surface area contributed by atoms with E-state index in [1.54, 1.807) is 23.6 Å². The molecule has 5 heterocycles. The summed E-state index contributed by atoms with van der Waals surface area (Å²) in [6, 6.07) is 5.07. The molecular formula is C26H31FN6O2S. The molecule has 2 N–H and O–H groups in total. The van der Waals surface area contributed by atoms with Gasteiger partial charge in [0.25, 0.3) is 0 Å². The highest BCUT2D eigenvalue weighted by Gasteiger charge is 2.31. The Balaban J connectivity index is 1.37. The fourth-order valence-electron chi connectivity index (χ4n) is 5.35. The van der Waals surface area contributed by atoms with Crippen LogP contribution in [0, 0.1) is 11.7 Å². The fourth-order valence-corrected chi connectivity index (χ4v) is 6.32. The van der Waals surface area contributed by atoms with Crippen LogP contribution in [-0.2, 0) is 11.3 Å². The van der Waals surface area contributed by atoms with E-state index in [2.05, 4.69) is 14.8 Å². The predicted octanol–water partition coefficient (Wildman–Crippen LogP) is 4.19. The first-order chi connectivity index (χ1) is 17.4. The Morgan fingerprint density at radius 2 is 1.89 bits per heavy atom. The van der Waals surface area contributed by atoms with E-state index in [9.17, 15) is 5.11 Å². The summed E-state index contributed by atoms with van der Waals surface area (Å²) in [5, 5.41) is 12.1. The number of ether oxygens (including phenoxy) is 1. The summed E-state index contributed by atoms with van der Waals surface area (Å²) in [5.74, 6) is 1.10. The van der Waals surface area contributed by atoms with Crippen LogP contribution in [0.4, 0.5) is 10.2 Å². The molecule has 0 spiro atoms. The molecule has 0 aliphatic carbocycles. The summed E-state index contributed by atoms with van der Waals surface area (Å²) >= 11 is 1.56. The normalized spacial score (nSPS) is 18.5. The van der Waals surface area contributed by atoms with E-state index >= 15 is 4.39 Å². The number of benzene rings is 1. The van der Waals surface area contributed by atoms with Gasteiger partial charge in [0.1, 0.15) is 21.2 Å². The number of hydrogen-bond acceptors (Lipinski definition) is 8. The molecule has 0 radical (unpaired) electrons. The lowest BCUT2D eigenvalue weighted by Crippen LogP contribution is -2.41. The number of fused-ring (bicyclic) bond motifs is 2. The van der Waals surface area contributed by atoms with Gasteiger partial charge in [-0.1, -0.05) is 11.3 Å². The molecule has 190 valence electrons. The highest BCUT2D eigenvalue weighted by Crippen LogP contribution is 2.36. The van der Waals surface area contributed by atoms with Crippen LogP contribution in [0.2, 0.25) is 0 Å². The minimum Gasteiger partial charge on any atom is -0.390 e. The third-order valence-electron chi connectivity index (χ3n) is 7.45. The van der Waals surface area contributed by atoms with Crippen LogP contribution in [0.5, 0.6) is 0 Å². The van der Waals surface area contributed by atoms with E-state index in [1.807, 2.05) is 19.9 Å². The summed E-state index contributed by atoms with van der Waals surface area (Å²) < 4.78 is 20.7. The maximum Gasteiger partial charge on any atom is 0.166 e. The molecule has 1 aromatic carbocycles. The van der Waals surface area contributed by atoms with E-state index in [1.165, 1.54) is 6.07 Å². The van der Waals surface area contributed by atoms with Crippen LogP contribution in [-0.4, -0.2) is 74.9 Å². The number of nitrogens with zero attached hydrogens (tertiary/aromatic N) is 5. The number of nitrogens with one attached hydrogen (secondary N) is 1. The van der Waals surface area contributed by atoms with Crippen LogP contribution in [0.15, 0.2) is 24.4 Å². The number of rotatable bonds is 5. The Bertz CT molecular complexity index is 1380. The SMILES string of the molecule is CC(C)(O)C1CCN(Cc2nc3c(N4CCOCC4)nc(-c4c(F)ccc5[nH]ccc45)nc3s2)CC1. The van der Waals surface area contributed by atoms with E-state index in [0.29, 0.717) is 43.6 Å². The second-order valence-corrected chi connectivity index (χ2v) is 11.4. The first-order valence-electron chi connectivity index (χ1n) is 12.6. The van der Waals surface area contributed by atoms with Gasteiger partial charge in [0.2, 0.25) is 0 Å². The van der Waals surface area contributed by atoms with Crippen molar-refractivity contribution in [1.82, 2.24) is 24.8 Å². The highest BCUT2D eigenvalue weighted by atomic mass is 32.1. The Morgan fingerprint density at radius 3 is 2.64 bits per heavy atom. The van der Waals surface area contributed by atoms with Crippen molar-refractivity contribution in [3.8, 4) is 11.4 Å². The molecule has 2 fully saturated rings. The zero-order valence-corrected chi connectivity index (χ0v) is 21.4.